The van der Waals surface area contributed by atoms with E-state index in [0.717, 1.165) is 35.2 Å². The summed E-state index contributed by atoms with van der Waals surface area (Å²) in [5, 5.41) is 0. The first kappa shape index (κ1) is 28.9. The predicted molar refractivity (Wildman–Crippen MR) is 166 cm³/mol. The molecule has 1 aromatic rings. The Morgan fingerprint density at radius 3 is 2.51 bits per heavy atom. The van der Waals surface area contributed by atoms with E-state index in [9.17, 15) is 4.79 Å². The van der Waals surface area contributed by atoms with Gasteiger partial charge in [0.25, 0.3) is 0 Å². The second-order valence-corrected chi connectivity index (χ2v) is 15.0. The van der Waals surface area contributed by atoms with Crippen molar-refractivity contribution in [2.24, 2.45) is 46.3 Å². The van der Waals surface area contributed by atoms with Gasteiger partial charge in [-0.15, -0.1) is 0 Å². The van der Waals surface area contributed by atoms with Crippen LogP contribution in [0.5, 0.6) is 0 Å². The first-order valence-electron chi connectivity index (χ1n) is 15.5. The lowest BCUT2D eigenvalue weighted by atomic mass is 9.50. The Kier molecular flexibility index (Phi) is 8.15. The quantitative estimate of drug-likeness (QED) is 0.242. The standard InChI is InChI=1S/C36H49BrO2/c1-22(2)23(3)11-12-24(4)30-15-16-31-28-14-13-26-21-27(39-34(38)29-10-8-9-25(5)33(29)37)17-19-35(26,6)32(28)18-20-36(30,31)7/h8-14,22-24,27,30-32H,15-21H2,1-7H3/b12-11+/t23-,24+,27-,30+,31-,32-,35-,36+/m0/s1. The van der Waals surface area contributed by atoms with E-state index in [1.54, 1.807) is 5.57 Å². The third-order valence-electron chi connectivity index (χ3n) is 11.7. The molecule has 0 amide bonds. The van der Waals surface area contributed by atoms with Crippen molar-refractivity contribution in [2.75, 3.05) is 0 Å². The lowest BCUT2D eigenvalue weighted by Crippen LogP contribution is -2.46. The highest BCUT2D eigenvalue weighted by Gasteiger charge is 2.57. The number of hydrogen-bond acceptors (Lipinski definition) is 2. The SMILES string of the molecule is Cc1cccc(C(=O)O[C@H]2CC[C@@]3(C)C(=CC=C4[C@@H]5CC[C@H]([C@H](C)/C=C/[C@H](C)C(C)C)[C@@]5(C)CC[C@@H]43)C2)c1Br. The largest absolute Gasteiger partial charge is 0.458 e. The Bertz CT molecular complexity index is 1190. The number of halogens is 1. The summed E-state index contributed by atoms with van der Waals surface area (Å²) in [5.41, 5.74) is 5.54. The van der Waals surface area contributed by atoms with Gasteiger partial charge < -0.3 is 4.74 Å². The molecule has 0 aromatic heterocycles. The van der Waals surface area contributed by atoms with Crippen molar-refractivity contribution < 1.29 is 9.53 Å². The van der Waals surface area contributed by atoms with Crippen molar-refractivity contribution in [3.63, 3.8) is 0 Å². The summed E-state index contributed by atoms with van der Waals surface area (Å²) < 4.78 is 6.93. The van der Waals surface area contributed by atoms with Crippen molar-refractivity contribution in [3.8, 4) is 0 Å². The van der Waals surface area contributed by atoms with E-state index in [4.69, 9.17) is 4.74 Å². The third kappa shape index (κ3) is 5.15. The number of carbonyl (C=O) groups excluding carboxylic acids is 1. The number of aryl methyl sites for hydroxylation is 1. The normalized spacial score (nSPS) is 35.5. The summed E-state index contributed by atoms with van der Waals surface area (Å²) in [6, 6.07) is 5.80. The van der Waals surface area contributed by atoms with Gasteiger partial charge in [0.15, 0.2) is 0 Å². The van der Waals surface area contributed by atoms with Gasteiger partial charge >= 0.3 is 5.97 Å². The van der Waals surface area contributed by atoms with Gasteiger partial charge in [0.1, 0.15) is 6.10 Å². The van der Waals surface area contributed by atoms with E-state index >= 15 is 0 Å². The molecule has 0 aliphatic heterocycles. The monoisotopic (exact) mass is 592 g/mol. The zero-order valence-electron chi connectivity index (χ0n) is 25.2. The Hall–Kier alpha value is -1.61. The Morgan fingerprint density at radius 1 is 1.00 bits per heavy atom. The van der Waals surface area contributed by atoms with Crippen LogP contribution < -0.4 is 0 Å². The number of rotatable bonds is 6. The summed E-state index contributed by atoms with van der Waals surface area (Å²) in [6.45, 7) is 16.6. The minimum Gasteiger partial charge on any atom is -0.458 e. The lowest BCUT2D eigenvalue weighted by molar-refractivity contribution is 0.00683. The molecule has 8 atom stereocenters. The Morgan fingerprint density at radius 2 is 1.77 bits per heavy atom. The molecule has 39 heavy (non-hydrogen) atoms. The molecule has 4 aliphatic rings. The van der Waals surface area contributed by atoms with Crippen LogP contribution in [0.4, 0.5) is 0 Å². The van der Waals surface area contributed by atoms with E-state index in [0.29, 0.717) is 40.6 Å². The molecule has 0 unspecified atom stereocenters. The van der Waals surface area contributed by atoms with Crippen LogP contribution in [0.1, 0.15) is 102 Å². The lowest BCUT2D eigenvalue weighted by Gasteiger charge is -2.55. The van der Waals surface area contributed by atoms with E-state index in [1.807, 2.05) is 25.1 Å². The summed E-state index contributed by atoms with van der Waals surface area (Å²) in [4.78, 5) is 13.0. The van der Waals surface area contributed by atoms with Crippen LogP contribution in [0.15, 0.2) is 58.1 Å². The Labute approximate surface area is 245 Å². The molecular formula is C36H49BrO2. The average molecular weight is 594 g/mol. The van der Waals surface area contributed by atoms with Gasteiger partial charge in [-0.1, -0.05) is 89.1 Å². The van der Waals surface area contributed by atoms with Gasteiger partial charge in [0.2, 0.25) is 0 Å². The Balaban J connectivity index is 1.31. The molecule has 4 aliphatic carbocycles. The fraction of sp³-hybridized carbons (Fsp3) is 0.639. The number of benzene rings is 1. The zero-order valence-corrected chi connectivity index (χ0v) is 26.8. The number of carbonyl (C=O) groups is 1. The molecule has 5 rings (SSSR count). The molecule has 0 radical (unpaired) electrons. The molecule has 0 N–H and O–H groups in total. The van der Waals surface area contributed by atoms with Gasteiger partial charge in [-0.25, -0.2) is 4.79 Å². The second kappa shape index (κ2) is 11.0. The summed E-state index contributed by atoms with van der Waals surface area (Å²) >= 11 is 3.58. The smallest absolute Gasteiger partial charge is 0.339 e. The van der Waals surface area contributed by atoms with Gasteiger partial charge in [-0.05, 0) is 119 Å². The topological polar surface area (TPSA) is 26.3 Å². The molecule has 0 spiro atoms. The number of ether oxygens (including phenoxy) is 1. The highest BCUT2D eigenvalue weighted by molar-refractivity contribution is 9.10. The van der Waals surface area contributed by atoms with Crippen molar-refractivity contribution in [1.29, 1.82) is 0 Å². The number of hydrogen-bond donors (Lipinski definition) is 0. The van der Waals surface area contributed by atoms with Crippen LogP contribution in [0.3, 0.4) is 0 Å². The summed E-state index contributed by atoms with van der Waals surface area (Å²) in [5.74, 6) is 3.91. The molecule has 212 valence electrons. The van der Waals surface area contributed by atoms with Gasteiger partial charge in [0.05, 0.1) is 5.56 Å². The highest BCUT2D eigenvalue weighted by Crippen LogP contribution is 2.66. The van der Waals surface area contributed by atoms with Crippen molar-refractivity contribution in [1.82, 2.24) is 0 Å². The highest BCUT2D eigenvalue weighted by atomic mass is 79.9. The van der Waals surface area contributed by atoms with Gasteiger partial charge in [-0.3, -0.25) is 0 Å². The minimum absolute atomic E-state index is 0.0372. The van der Waals surface area contributed by atoms with Crippen molar-refractivity contribution in [2.45, 2.75) is 99.5 Å². The maximum Gasteiger partial charge on any atom is 0.339 e. The zero-order chi connectivity index (χ0) is 28.1. The van der Waals surface area contributed by atoms with E-state index < -0.39 is 0 Å². The predicted octanol–water partition coefficient (Wildman–Crippen LogP) is 10.3. The molecule has 3 fully saturated rings. The summed E-state index contributed by atoms with van der Waals surface area (Å²) in [6.07, 6.45) is 18.2. The van der Waals surface area contributed by atoms with Crippen LogP contribution in [0, 0.1) is 53.3 Å². The average Bonchev–Trinajstić information content (AvgIpc) is 3.26. The van der Waals surface area contributed by atoms with Crippen LogP contribution in [-0.2, 0) is 4.74 Å². The maximum absolute atomic E-state index is 13.0. The molecule has 3 heteroatoms. The number of esters is 1. The first-order valence-corrected chi connectivity index (χ1v) is 16.3. The molecule has 0 heterocycles. The number of fused-ring (bicyclic) bond motifs is 5. The van der Waals surface area contributed by atoms with Crippen LogP contribution in [-0.4, -0.2) is 12.1 Å². The van der Waals surface area contributed by atoms with Crippen molar-refractivity contribution >= 4 is 21.9 Å². The molecule has 2 nitrogen and oxygen atoms in total. The van der Waals surface area contributed by atoms with Crippen LogP contribution in [0.25, 0.3) is 0 Å². The van der Waals surface area contributed by atoms with E-state index in [-0.39, 0.29) is 17.5 Å². The molecule has 3 saturated carbocycles. The molecule has 1 aromatic carbocycles. The molecular weight excluding hydrogens is 544 g/mol. The second-order valence-electron chi connectivity index (χ2n) is 14.2. The summed E-state index contributed by atoms with van der Waals surface area (Å²) in [7, 11) is 0. The molecule has 0 bridgehead atoms. The number of allylic oxidation sites excluding steroid dienone is 5. The minimum atomic E-state index is -0.205. The fourth-order valence-electron chi connectivity index (χ4n) is 8.70. The molecule has 0 saturated heterocycles. The third-order valence-corrected chi connectivity index (χ3v) is 12.7. The van der Waals surface area contributed by atoms with Crippen LogP contribution in [0.2, 0.25) is 0 Å². The van der Waals surface area contributed by atoms with Gasteiger partial charge in [-0.2, -0.15) is 0 Å². The fourth-order valence-corrected chi connectivity index (χ4v) is 9.13. The van der Waals surface area contributed by atoms with E-state index in [2.05, 4.69) is 81.8 Å². The van der Waals surface area contributed by atoms with E-state index in [1.165, 1.54) is 31.3 Å². The van der Waals surface area contributed by atoms with Gasteiger partial charge in [0, 0.05) is 10.9 Å². The first-order chi connectivity index (χ1) is 18.5. The maximum atomic E-state index is 13.0. The van der Waals surface area contributed by atoms with Crippen LogP contribution >= 0.6 is 15.9 Å². The van der Waals surface area contributed by atoms with Crippen molar-refractivity contribution in [3.05, 3.63) is 69.2 Å².